The van der Waals surface area contributed by atoms with Crippen molar-refractivity contribution in [2.24, 2.45) is 5.73 Å². The SMILES string of the molecule is NCC1=C/C=C\C=C/C=C1. The van der Waals surface area contributed by atoms with Gasteiger partial charge in [0, 0.05) is 6.54 Å². The van der Waals surface area contributed by atoms with E-state index in [4.69, 9.17) is 5.73 Å². The van der Waals surface area contributed by atoms with E-state index >= 15 is 0 Å². The Labute approximate surface area is 61.2 Å². The fraction of sp³-hybridized carbons (Fsp3) is 0.111. The number of rotatable bonds is 1. The molecule has 1 nitrogen and oxygen atoms in total. The van der Waals surface area contributed by atoms with Gasteiger partial charge in [0.15, 0.2) is 0 Å². The Balaban J connectivity index is 2.73. The minimum Gasteiger partial charge on any atom is -0.326 e. The molecule has 0 aromatic rings. The number of hydrogen-bond donors (Lipinski definition) is 1. The second-order valence-corrected chi connectivity index (χ2v) is 2.07. The van der Waals surface area contributed by atoms with Gasteiger partial charge >= 0.3 is 0 Å². The Kier molecular flexibility index (Phi) is 2.71. The van der Waals surface area contributed by atoms with Gasteiger partial charge in [-0.2, -0.15) is 0 Å². The Morgan fingerprint density at radius 2 is 1.70 bits per heavy atom. The molecule has 1 rings (SSSR count). The van der Waals surface area contributed by atoms with Gasteiger partial charge in [0.1, 0.15) is 0 Å². The first-order valence-electron chi connectivity index (χ1n) is 3.34. The third-order valence-corrected chi connectivity index (χ3v) is 1.30. The van der Waals surface area contributed by atoms with Crippen molar-refractivity contribution in [1.29, 1.82) is 0 Å². The summed E-state index contributed by atoms with van der Waals surface area (Å²) in [4.78, 5) is 0. The molecule has 0 radical (unpaired) electrons. The van der Waals surface area contributed by atoms with Gasteiger partial charge in [0.05, 0.1) is 0 Å². The highest BCUT2D eigenvalue weighted by atomic mass is 14.5. The summed E-state index contributed by atoms with van der Waals surface area (Å²) in [6.45, 7) is 0.606. The number of nitrogens with two attached hydrogens (primary N) is 1. The summed E-state index contributed by atoms with van der Waals surface area (Å²) in [6, 6.07) is 0. The van der Waals surface area contributed by atoms with Crippen LogP contribution in [0.2, 0.25) is 0 Å². The molecule has 2 N–H and O–H groups in total. The van der Waals surface area contributed by atoms with Crippen LogP contribution in [0.15, 0.2) is 48.1 Å². The summed E-state index contributed by atoms with van der Waals surface area (Å²) < 4.78 is 0. The van der Waals surface area contributed by atoms with Crippen LogP contribution in [0.5, 0.6) is 0 Å². The van der Waals surface area contributed by atoms with Crippen molar-refractivity contribution in [2.45, 2.75) is 0 Å². The maximum atomic E-state index is 5.45. The Bertz CT molecular complexity index is 207. The van der Waals surface area contributed by atoms with Gasteiger partial charge in [-0.15, -0.1) is 0 Å². The summed E-state index contributed by atoms with van der Waals surface area (Å²) in [5.74, 6) is 0. The third kappa shape index (κ3) is 2.03. The quantitative estimate of drug-likeness (QED) is 0.577. The molecule has 0 atom stereocenters. The molecule has 0 saturated heterocycles. The van der Waals surface area contributed by atoms with Crippen LogP contribution in [0.4, 0.5) is 0 Å². The lowest BCUT2D eigenvalue weighted by molar-refractivity contribution is 1.19. The minimum absolute atomic E-state index is 0.606. The van der Waals surface area contributed by atoms with Crippen LogP contribution < -0.4 is 5.73 Å². The molecule has 0 amide bonds. The molecule has 1 aliphatic rings. The highest BCUT2D eigenvalue weighted by Gasteiger charge is 1.84. The van der Waals surface area contributed by atoms with E-state index in [2.05, 4.69) is 0 Å². The van der Waals surface area contributed by atoms with Gasteiger partial charge in [-0.1, -0.05) is 42.5 Å². The van der Waals surface area contributed by atoms with E-state index in [9.17, 15) is 0 Å². The van der Waals surface area contributed by atoms with Gasteiger partial charge in [-0.25, -0.2) is 0 Å². The zero-order chi connectivity index (χ0) is 7.23. The van der Waals surface area contributed by atoms with Gasteiger partial charge in [-0.05, 0) is 5.57 Å². The topological polar surface area (TPSA) is 26.0 Å². The van der Waals surface area contributed by atoms with Crippen molar-refractivity contribution in [1.82, 2.24) is 0 Å². The van der Waals surface area contributed by atoms with Crippen LogP contribution in [-0.4, -0.2) is 6.54 Å². The molecule has 0 aromatic carbocycles. The monoisotopic (exact) mass is 133 g/mol. The molecule has 1 heteroatoms. The van der Waals surface area contributed by atoms with Crippen molar-refractivity contribution >= 4 is 0 Å². The second kappa shape index (κ2) is 3.85. The maximum absolute atomic E-state index is 5.45. The van der Waals surface area contributed by atoms with Crippen molar-refractivity contribution in [3.63, 3.8) is 0 Å². The summed E-state index contributed by atoms with van der Waals surface area (Å²) in [5.41, 5.74) is 6.60. The normalized spacial score (nSPS) is 22.7. The van der Waals surface area contributed by atoms with Crippen LogP contribution >= 0.6 is 0 Å². The molecule has 1 aliphatic carbocycles. The Morgan fingerprint density at radius 3 is 2.50 bits per heavy atom. The Morgan fingerprint density at radius 1 is 1.00 bits per heavy atom. The van der Waals surface area contributed by atoms with E-state index in [0.717, 1.165) is 5.57 Å². The van der Waals surface area contributed by atoms with E-state index in [1.54, 1.807) is 0 Å². The minimum atomic E-state index is 0.606. The molecule has 10 heavy (non-hydrogen) atoms. The summed E-state index contributed by atoms with van der Waals surface area (Å²) in [5, 5.41) is 0. The largest absolute Gasteiger partial charge is 0.326 e. The van der Waals surface area contributed by atoms with Crippen molar-refractivity contribution in [3.05, 3.63) is 48.1 Å². The number of hydrogen-bond acceptors (Lipinski definition) is 1. The highest BCUT2D eigenvalue weighted by molar-refractivity contribution is 5.31. The van der Waals surface area contributed by atoms with Gasteiger partial charge in [0.25, 0.3) is 0 Å². The van der Waals surface area contributed by atoms with Crippen molar-refractivity contribution in [2.75, 3.05) is 6.54 Å². The highest BCUT2D eigenvalue weighted by Crippen LogP contribution is 1.98. The Hall–Kier alpha value is -1.08. The first-order chi connectivity index (χ1) is 4.93. The molecule has 52 valence electrons. The predicted octanol–water partition coefficient (Wildman–Crippen LogP) is 1.55. The molecule has 0 saturated carbocycles. The van der Waals surface area contributed by atoms with Crippen molar-refractivity contribution < 1.29 is 0 Å². The zero-order valence-electron chi connectivity index (χ0n) is 5.83. The lowest BCUT2D eigenvalue weighted by Gasteiger charge is -1.93. The molecule has 0 aliphatic heterocycles. The molecule has 0 unspecified atom stereocenters. The van der Waals surface area contributed by atoms with Gasteiger partial charge < -0.3 is 5.73 Å². The van der Waals surface area contributed by atoms with Crippen LogP contribution in [0.25, 0.3) is 0 Å². The van der Waals surface area contributed by atoms with Crippen LogP contribution in [-0.2, 0) is 0 Å². The molecular weight excluding hydrogens is 122 g/mol. The standard InChI is InChI=1S/C9H11N/c10-8-9-6-4-2-1-3-5-7-9/h1-7H,8,10H2/b2-1-,3-1?,4-2?,5-3-,6-4?,7-5?,9-6?,9-7?. The van der Waals surface area contributed by atoms with E-state index in [-0.39, 0.29) is 0 Å². The van der Waals surface area contributed by atoms with Gasteiger partial charge in [-0.3, -0.25) is 0 Å². The van der Waals surface area contributed by atoms with E-state index in [1.807, 2.05) is 42.5 Å². The smallest absolute Gasteiger partial charge is 0.0178 e. The lowest BCUT2D eigenvalue weighted by atomic mass is 10.2. The van der Waals surface area contributed by atoms with Crippen LogP contribution in [0.3, 0.4) is 0 Å². The van der Waals surface area contributed by atoms with Crippen LogP contribution in [0.1, 0.15) is 0 Å². The van der Waals surface area contributed by atoms with Crippen LogP contribution in [0, 0.1) is 0 Å². The third-order valence-electron chi connectivity index (χ3n) is 1.30. The van der Waals surface area contributed by atoms with E-state index < -0.39 is 0 Å². The molecule has 0 spiro atoms. The number of allylic oxidation sites excluding steroid dienone is 6. The summed E-state index contributed by atoms with van der Waals surface area (Å²) >= 11 is 0. The van der Waals surface area contributed by atoms with Gasteiger partial charge in [0.2, 0.25) is 0 Å². The predicted molar refractivity (Wildman–Crippen MR) is 44.6 cm³/mol. The van der Waals surface area contributed by atoms with Crippen molar-refractivity contribution in [3.8, 4) is 0 Å². The first kappa shape index (κ1) is 7.03. The average Bonchev–Trinajstić information content (AvgIpc) is 1.87. The fourth-order valence-electron chi connectivity index (χ4n) is 0.742. The summed E-state index contributed by atoms with van der Waals surface area (Å²) in [6.07, 6.45) is 14.0. The fourth-order valence-corrected chi connectivity index (χ4v) is 0.742. The zero-order valence-corrected chi connectivity index (χ0v) is 5.83. The summed E-state index contributed by atoms with van der Waals surface area (Å²) in [7, 11) is 0. The molecule has 0 heterocycles. The molecule has 0 bridgehead atoms. The lowest BCUT2D eigenvalue weighted by Crippen LogP contribution is -2.00. The van der Waals surface area contributed by atoms with E-state index in [0.29, 0.717) is 6.54 Å². The molecular formula is C9H11N. The first-order valence-corrected chi connectivity index (χ1v) is 3.34. The average molecular weight is 133 g/mol. The maximum Gasteiger partial charge on any atom is 0.0178 e. The molecule has 0 aromatic heterocycles. The molecule has 0 fully saturated rings. The van der Waals surface area contributed by atoms with E-state index in [1.165, 1.54) is 0 Å². The second-order valence-electron chi connectivity index (χ2n) is 2.07.